The van der Waals surface area contributed by atoms with Gasteiger partial charge in [0.05, 0.1) is 23.5 Å². The fourth-order valence-corrected chi connectivity index (χ4v) is 3.09. The van der Waals surface area contributed by atoms with Gasteiger partial charge in [-0.15, -0.1) is 6.58 Å². The number of rotatable bonds is 2. The van der Waals surface area contributed by atoms with Gasteiger partial charge in [-0.25, -0.2) is 0 Å². The van der Waals surface area contributed by atoms with Crippen LogP contribution in [0, 0.1) is 11.8 Å². The molecule has 2 amide bonds. The molecule has 1 saturated carbocycles. The van der Waals surface area contributed by atoms with Gasteiger partial charge in [0.25, 0.3) is 0 Å². The van der Waals surface area contributed by atoms with Gasteiger partial charge >= 0.3 is 0 Å². The monoisotopic (exact) mass is 221 g/mol. The third-order valence-corrected chi connectivity index (χ3v) is 4.09. The normalized spacial score (nSPS) is 45.3. The highest BCUT2D eigenvalue weighted by Gasteiger charge is 2.64. The first-order chi connectivity index (χ1) is 7.57. The fraction of sp³-hybridized carbons (Fsp3) is 0.667. The number of fused-ring (bicyclic) bond motifs is 2. The van der Waals surface area contributed by atoms with Crippen molar-refractivity contribution in [2.24, 2.45) is 11.8 Å². The van der Waals surface area contributed by atoms with E-state index in [1.54, 1.807) is 6.08 Å². The maximum Gasteiger partial charge on any atom is 0.233 e. The first kappa shape index (κ1) is 10.0. The second-order valence-corrected chi connectivity index (χ2v) is 5.15. The van der Waals surface area contributed by atoms with Crippen LogP contribution in [0.25, 0.3) is 0 Å². The Balaban J connectivity index is 1.86. The topological polar surface area (TPSA) is 49.9 Å². The highest BCUT2D eigenvalue weighted by atomic mass is 16.6. The molecule has 0 N–H and O–H groups in total. The van der Waals surface area contributed by atoms with Crippen molar-refractivity contribution in [3.8, 4) is 0 Å². The average molecular weight is 221 g/mol. The zero-order valence-corrected chi connectivity index (χ0v) is 9.31. The molecule has 0 spiro atoms. The number of hydrogen-bond acceptors (Lipinski definition) is 3. The quantitative estimate of drug-likeness (QED) is 0.392. The van der Waals surface area contributed by atoms with Crippen molar-refractivity contribution >= 4 is 11.8 Å². The minimum Gasteiger partial charge on any atom is -0.366 e. The van der Waals surface area contributed by atoms with Gasteiger partial charge in [0.15, 0.2) is 0 Å². The van der Waals surface area contributed by atoms with Gasteiger partial charge < -0.3 is 4.74 Å². The summed E-state index contributed by atoms with van der Waals surface area (Å²) in [5.74, 6) is -0.373. The van der Waals surface area contributed by atoms with Gasteiger partial charge in [0, 0.05) is 6.54 Å². The molecule has 3 fully saturated rings. The zero-order valence-electron chi connectivity index (χ0n) is 9.31. The van der Waals surface area contributed by atoms with Crippen LogP contribution in [-0.2, 0) is 14.3 Å². The smallest absolute Gasteiger partial charge is 0.233 e. The average Bonchev–Trinajstić information content (AvgIpc) is 2.87. The van der Waals surface area contributed by atoms with Gasteiger partial charge in [-0.3, -0.25) is 14.5 Å². The van der Waals surface area contributed by atoms with Gasteiger partial charge in [-0.1, -0.05) is 6.08 Å². The molecule has 86 valence electrons. The van der Waals surface area contributed by atoms with Crippen LogP contribution in [0.15, 0.2) is 12.7 Å². The van der Waals surface area contributed by atoms with E-state index in [1.165, 1.54) is 4.90 Å². The van der Waals surface area contributed by atoms with Crippen molar-refractivity contribution in [2.75, 3.05) is 6.54 Å². The lowest BCUT2D eigenvalue weighted by Crippen LogP contribution is -2.32. The zero-order chi connectivity index (χ0) is 11.5. The Labute approximate surface area is 94.2 Å². The molecular weight excluding hydrogens is 206 g/mol. The van der Waals surface area contributed by atoms with Gasteiger partial charge in [-0.2, -0.15) is 0 Å². The van der Waals surface area contributed by atoms with Gasteiger partial charge in [0.2, 0.25) is 11.8 Å². The van der Waals surface area contributed by atoms with Crippen LogP contribution < -0.4 is 0 Å². The molecule has 1 aliphatic carbocycles. The van der Waals surface area contributed by atoms with Crippen LogP contribution in [0.4, 0.5) is 0 Å². The lowest BCUT2D eigenvalue weighted by molar-refractivity contribution is -0.139. The number of amides is 2. The molecule has 4 atom stereocenters. The van der Waals surface area contributed by atoms with Crippen LogP contribution in [0.1, 0.15) is 19.8 Å². The summed E-state index contributed by atoms with van der Waals surface area (Å²) in [6.45, 7) is 5.95. The molecule has 3 rings (SSSR count). The summed E-state index contributed by atoms with van der Waals surface area (Å²) in [4.78, 5) is 25.4. The van der Waals surface area contributed by atoms with E-state index in [9.17, 15) is 9.59 Å². The summed E-state index contributed by atoms with van der Waals surface area (Å²) >= 11 is 0. The molecule has 0 bridgehead atoms. The van der Waals surface area contributed by atoms with E-state index in [2.05, 4.69) is 6.58 Å². The number of imide groups is 1. The highest BCUT2D eigenvalue weighted by molar-refractivity contribution is 6.05. The summed E-state index contributed by atoms with van der Waals surface area (Å²) in [6, 6.07) is 0. The summed E-state index contributed by atoms with van der Waals surface area (Å²) in [6.07, 6.45) is 3.20. The van der Waals surface area contributed by atoms with Gasteiger partial charge in [0.1, 0.15) is 0 Å². The number of epoxide rings is 1. The largest absolute Gasteiger partial charge is 0.366 e. The van der Waals surface area contributed by atoms with Crippen LogP contribution >= 0.6 is 0 Å². The number of likely N-dealkylation sites (tertiary alicyclic amines) is 1. The number of ether oxygens (including phenoxy) is 1. The van der Waals surface area contributed by atoms with Crippen molar-refractivity contribution in [3.05, 3.63) is 12.7 Å². The maximum atomic E-state index is 12.0. The second kappa shape index (κ2) is 2.94. The Kier molecular flexibility index (Phi) is 1.84. The van der Waals surface area contributed by atoms with E-state index in [4.69, 9.17) is 4.74 Å². The first-order valence-corrected chi connectivity index (χ1v) is 5.71. The van der Waals surface area contributed by atoms with Crippen LogP contribution in [0.3, 0.4) is 0 Å². The summed E-state index contributed by atoms with van der Waals surface area (Å²) in [7, 11) is 0. The van der Waals surface area contributed by atoms with Crippen molar-refractivity contribution in [2.45, 2.75) is 31.5 Å². The number of hydrogen-bond donors (Lipinski definition) is 0. The van der Waals surface area contributed by atoms with Crippen LogP contribution in [-0.4, -0.2) is 35.0 Å². The SMILES string of the molecule is C=CCN1C(=O)C2CC3OC3(C)CC2C1=O. The van der Waals surface area contributed by atoms with Crippen molar-refractivity contribution in [1.29, 1.82) is 0 Å². The Morgan fingerprint density at radius 3 is 2.88 bits per heavy atom. The van der Waals surface area contributed by atoms with E-state index in [1.807, 2.05) is 6.92 Å². The maximum absolute atomic E-state index is 12.0. The van der Waals surface area contributed by atoms with Crippen molar-refractivity contribution in [3.63, 3.8) is 0 Å². The molecule has 3 aliphatic rings. The Morgan fingerprint density at radius 2 is 2.19 bits per heavy atom. The number of nitrogens with zero attached hydrogens (tertiary/aromatic N) is 1. The molecule has 2 aliphatic heterocycles. The number of carbonyl (C=O) groups is 2. The Bertz CT molecular complexity index is 392. The molecule has 4 unspecified atom stereocenters. The van der Waals surface area contributed by atoms with Gasteiger partial charge in [-0.05, 0) is 19.8 Å². The van der Waals surface area contributed by atoms with Crippen molar-refractivity contribution < 1.29 is 14.3 Å². The Morgan fingerprint density at radius 1 is 1.50 bits per heavy atom. The fourth-order valence-electron chi connectivity index (χ4n) is 3.09. The highest BCUT2D eigenvalue weighted by Crippen LogP contribution is 2.54. The second-order valence-electron chi connectivity index (χ2n) is 5.15. The molecule has 0 radical (unpaired) electrons. The summed E-state index contributed by atoms with van der Waals surface area (Å²) in [5.41, 5.74) is -0.138. The molecular formula is C12H15NO3. The van der Waals surface area contributed by atoms with E-state index in [0.717, 1.165) is 0 Å². The number of carbonyl (C=O) groups excluding carboxylic acids is 2. The lowest BCUT2D eigenvalue weighted by atomic mass is 9.76. The van der Waals surface area contributed by atoms with E-state index in [0.29, 0.717) is 19.4 Å². The Hall–Kier alpha value is -1.16. The molecule has 0 aromatic carbocycles. The first-order valence-electron chi connectivity index (χ1n) is 5.71. The summed E-state index contributed by atoms with van der Waals surface area (Å²) in [5, 5.41) is 0. The molecule has 0 aromatic rings. The lowest BCUT2D eigenvalue weighted by Gasteiger charge is -2.21. The van der Waals surface area contributed by atoms with Crippen LogP contribution in [0.5, 0.6) is 0 Å². The third-order valence-electron chi connectivity index (χ3n) is 4.09. The summed E-state index contributed by atoms with van der Waals surface area (Å²) < 4.78 is 5.55. The predicted octanol–water partition coefficient (Wildman–Crippen LogP) is 0.725. The predicted molar refractivity (Wildman–Crippen MR) is 56.4 cm³/mol. The molecule has 2 heterocycles. The van der Waals surface area contributed by atoms with E-state index >= 15 is 0 Å². The van der Waals surface area contributed by atoms with Crippen LogP contribution in [0.2, 0.25) is 0 Å². The standard InChI is InChI=1S/C12H15NO3/c1-3-4-13-10(14)7-5-9-12(2,16-9)6-8(7)11(13)15/h3,7-9H,1,4-6H2,2H3. The minimum atomic E-state index is -0.156. The molecule has 0 aromatic heterocycles. The van der Waals surface area contributed by atoms with E-state index < -0.39 is 0 Å². The molecule has 4 heteroatoms. The van der Waals surface area contributed by atoms with E-state index in [-0.39, 0.29) is 35.4 Å². The minimum absolute atomic E-state index is 0.0348. The molecule has 2 saturated heterocycles. The third kappa shape index (κ3) is 1.13. The molecule has 16 heavy (non-hydrogen) atoms. The van der Waals surface area contributed by atoms with Crippen molar-refractivity contribution in [1.82, 2.24) is 4.90 Å². The molecule has 4 nitrogen and oxygen atoms in total.